The second kappa shape index (κ2) is 10.6. The van der Waals surface area contributed by atoms with E-state index in [0.29, 0.717) is 5.56 Å². The fraction of sp³-hybridized carbons (Fsp3) is 0.348. The highest BCUT2D eigenvalue weighted by atomic mass is 19.1. The second-order valence-corrected chi connectivity index (χ2v) is 6.46. The summed E-state index contributed by atoms with van der Waals surface area (Å²) in [6, 6.07) is 14.0. The molecule has 25 heavy (non-hydrogen) atoms. The third-order valence-electron chi connectivity index (χ3n) is 4.35. The minimum atomic E-state index is -0.332. The van der Waals surface area contributed by atoms with E-state index in [0.717, 1.165) is 12.0 Å². The molecular formula is C23H27FO. The quantitative estimate of drug-likeness (QED) is 0.270. The Hall–Kier alpha value is -2.22. The number of aryl methyl sites for hydroxylation is 1. The highest BCUT2D eigenvalue weighted by Gasteiger charge is 2.01. The number of halogens is 1. The maximum Gasteiger partial charge on any atom is 0.185 e. The second-order valence-electron chi connectivity index (χ2n) is 6.46. The first kappa shape index (κ1) is 19.1. The molecule has 0 aliphatic heterocycles. The number of hydrogen-bond acceptors (Lipinski definition) is 1. The van der Waals surface area contributed by atoms with Crippen molar-refractivity contribution in [3.05, 3.63) is 77.1 Å². The van der Waals surface area contributed by atoms with Crippen molar-refractivity contribution in [3.63, 3.8) is 0 Å². The number of rotatable bonds is 10. The van der Waals surface area contributed by atoms with E-state index < -0.39 is 0 Å². The fourth-order valence-corrected chi connectivity index (χ4v) is 2.79. The zero-order valence-electron chi connectivity index (χ0n) is 15.0. The Kier molecular flexibility index (Phi) is 8.11. The first-order chi connectivity index (χ1) is 12.2. The van der Waals surface area contributed by atoms with Crippen molar-refractivity contribution in [1.82, 2.24) is 0 Å². The van der Waals surface area contributed by atoms with Crippen LogP contribution in [0.2, 0.25) is 0 Å². The molecule has 0 aliphatic rings. The molecule has 0 heterocycles. The van der Waals surface area contributed by atoms with Gasteiger partial charge in [-0.3, -0.25) is 4.79 Å². The molecule has 2 rings (SSSR count). The van der Waals surface area contributed by atoms with Crippen molar-refractivity contribution in [2.75, 3.05) is 0 Å². The first-order valence-electron chi connectivity index (χ1n) is 9.26. The molecule has 0 saturated carbocycles. The summed E-state index contributed by atoms with van der Waals surface area (Å²) in [5, 5.41) is 0. The monoisotopic (exact) mass is 338 g/mol. The summed E-state index contributed by atoms with van der Waals surface area (Å²) in [5.74, 6) is -0.447. The van der Waals surface area contributed by atoms with Crippen LogP contribution in [0.1, 0.15) is 66.9 Å². The van der Waals surface area contributed by atoms with E-state index in [2.05, 4.69) is 19.1 Å². The van der Waals surface area contributed by atoms with Gasteiger partial charge in [-0.2, -0.15) is 0 Å². The summed E-state index contributed by atoms with van der Waals surface area (Å²) in [5.41, 5.74) is 2.84. The third-order valence-corrected chi connectivity index (χ3v) is 4.35. The molecule has 0 aromatic heterocycles. The summed E-state index contributed by atoms with van der Waals surface area (Å²) in [7, 11) is 0. The lowest BCUT2D eigenvalue weighted by molar-refractivity contribution is 0.104. The van der Waals surface area contributed by atoms with Crippen molar-refractivity contribution < 1.29 is 9.18 Å². The van der Waals surface area contributed by atoms with E-state index in [1.807, 2.05) is 12.1 Å². The molecule has 0 fully saturated rings. The molecule has 0 atom stereocenters. The highest BCUT2D eigenvalue weighted by molar-refractivity contribution is 6.06. The Labute approximate surface area is 150 Å². The Bertz CT molecular complexity index is 668. The van der Waals surface area contributed by atoms with Crippen LogP contribution in [0.5, 0.6) is 0 Å². The third kappa shape index (κ3) is 7.04. The van der Waals surface area contributed by atoms with Crippen molar-refractivity contribution >= 4 is 11.9 Å². The number of unbranched alkanes of at least 4 members (excludes halogenated alkanes) is 5. The molecule has 0 saturated heterocycles. The van der Waals surface area contributed by atoms with Crippen LogP contribution >= 0.6 is 0 Å². The van der Waals surface area contributed by atoms with Crippen LogP contribution < -0.4 is 0 Å². The van der Waals surface area contributed by atoms with E-state index in [9.17, 15) is 9.18 Å². The summed E-state index contributed by atoms with van der Waals surface area (Å²) >= 11 is 0. The van der Waals surface area contributed by atoms with Gasteiger partial charge in [0.1, 0.15) is 5.82 Å². The zero-order valence-corrected chi connectivity index (χ0v) is 15.0. The number of carbonyl (C=O) groups is 1. The van der Waals surface area contributed by atoms with Gasteiger partial charge in [0.15, 0.2) is 5.78 Å². The minimum Gasteiger partial charge on any atom is -0.289 e. The Morgan fingerprint density at radius 3 is 2.20 bits per heavy atom. The molecule has 0 bridgehead atoms. The van der Waals surface area contributed by atoms with Crippen LogP contribution in [0.3, 0.4) is 0 Å². The molecule has 2 heteroatoms. The normalized spacial score (nSPS) is 11.1. The lowest BCUT2D eigenvalue weighted by Gasteiger charge is -2.03. The molecule has 0 amide bonds. The van der Waals surface area contributed by atoms with Gasteiger partial charge in [0.2, 0.25) is 0 Å². The van der Waals surface area contributed by atoms with Crippen LogP contribution in [0, 0.1) is 5.82 Å². The number of hydrogen-bond donors (Lipinski definition) is 0. The lowest BCUT2D eigenvalue weighted by Crippen LogP contribution is -1.93. The molecule has 0 unspecified atom stereocenters. The predicted molar refractivity (Wildman–Crippen MR) is 103 cm³/mol. The van der Waals surface area contributed by atoms with Gasteiger partial charge < -0.3 is 0 Å². The SMILES string of the molecule is CCCCCCCCc1ccc(C=CC(=O)c2ccc(F)cc2)cc1. The van der Waals surface area contributed by atoms with Gasteiger partial charge in [0, 0.05) is 5.56 Å². The summed E-state index contributed by atoms with van der Waals surface area (Å²) in [6.07, 6.45) is 12.3. The highest BCUT2D eigenvalue weighted by Crippen LogP contribution is 2.12. The summed E-state index contributed by atoms with van der Waals surface area (Å²) in [4.78, 5) is 12.0. The van der Waals surface area contributed by atoms with Crippen LogP contribution in [-0.2, 0) is 6.42 Å². The summed E-state index contributed by atoms with van der Waals surface area (Å²) < 4.78 is 12.9. The number of carbonyl (C=O) groups excluding carboxylic acids is 1. The molecule has 0 radical (unpaired) electrons. The minimum absolute atomic E-state index is 0.115. The Morgan fingerprint density at radius 2 is 1.52 bits per heavy atom. The number of benzene rings is 2. The molecule has 0 aliphatic carbocycles. The van der Waals surface area contributed by atoms with Gasteiger partial charge in [-0.25, -0.2) is 4.39 Å². The molecule has 132 valence electrons. The predicted octanol–water partition coefficient (Wildman–Crippen LogP) is 6.62. The topological polar surface area (TPSA) is 17.1 Å². The maximum atomic E-state index is 12.9. The van der Waals surface area contributed by atoms with Crippen molar-refractivity contribution in [1.29, 1.82) is 0 Å². The van der Waals surface area contributed by atoms with Crippen LogP contribution in [0.4, 0.5) is 4.39 Å². The smallest absolute Gasteiger partial charge is 0.185 e. The van der Waals surface area contributed by atoms with Crippen molar-refractivity contribution in [3.8, 4) is 0 Å². The Morgan fingerprint density at radius 1 is 0.880 bits per heavy atom. The van der Waals surface area contributed by atoms with Crippen molar-refractivity contribution in [2.45, 2.75) is 51.9 Å². The Balaban J connectivity index is 1.79. The molecule has 0 N–H and O–H groups in total. The van der Waals surface area contributed by atoms with Crippen LogP contribution in [0.15, 0.2) is 54.6 Å². The van der Waals surface area contributed by atoms with Gasteiger partial charge in [-0.15, -0.1) is 0 Å². The van der Waals surface area contributed by atoms with Gasteiger partial charge >= 0.3 is 0 Å². The molecule has 1 nitrogen and oxygen atoms in total. The standard InChI is InChI=1S/C23H27FO/c1-2-3-4-5-6-7-8-19-9-11-20(12-10-19)13-18-23(25)21-14-16-22(24)17-15-21/h9-18H,2-8H2,1H3. The molecule has 2 aromatic carbocycles. The fourth-order valence-electron chi connectivity index (χ4n) is 2.79. The average Bonchev–Trinajstić information content (AvgIpc) is 2.64. The van der Waals surface area contributed by atoms with E-state index in [1.165, 1.54) is 74.4 Å². The average molecular weight is 338 g/mol. The molecular weight excluding hydrogens is 311 g/mol. The zero-order chi connectivity index (χ0) is 17.9. The first-order valence-corrected chi connectivity index (χ1v) is 9.26. The van der Waals surface area contributed by atoms with Crippen LogP contribution in [0.25, 0.3) is 6.08 Å². The van der Waals surface area contributed by atoms with Gasteiger partial charge in [0.25, 0.3) is 0 Å². The number of ketones is 1. The largest absolute Gasteiger partial charge is 0.289 e. The summed E-state index contributed by atoms with van der Waals surface area (Å²) in [6.45, 7) is 2.24. The molecule has 0 spiro atoms. The van der Waals surface area contributed by atoms with Gasteiger partial charge in [-0.1, -0.05) is 69.4 Å². The van der Waals surface area contributed by atoms with Crippen molar-refractivity contribution in [2.24, 2.45) is 0 Å². The van der Waals surface area contributed by atoms with E-state index >= 15 is 0 Å². The lowest BCUT2D eigenvalue weighted by atomic mass is 10.0. The van der Waals surface area contributed by atoms with Gasteiger partial charge in [-0.05, 0) is 54.3 Å². The maximum absolute atomic E-state index is 12.9. The number of allylic oxidation sites excluding steroid dienone is 1. The van der Waals surface area contributed by atoms with Gasteiger partial charge in [0.05, 0.1) is 0 Å². The van der Waals surface area contributed by atoms with E-state index in [4.69, 9.17) is 0 Å². The van der Waals surface area contributed by atoms with Crippen LogP contribution in [-0.4, -0.2) is 5.78 Å². The van der Waals surface area contributed by atoms with E-state index in [1.54, 1.807) is 6.08 Å². The van der Waals surface area contributed by atoms with E-state index in [-0.39, 0.29) is 11.6 Å². The molecule has 2 aromatic rings.